The molecule has 1 aromatic carbocycles. The predicted octanol–water partition coefficient (Wildman–Crippen LogP) is 4.88. The van der Waals surface area contributed by atoms with Crippen LogP contribution < -0.4 is 5.32 Å². The van der Waals surface area contributed by atoms with Gasteiger partial charge in [0.15, 0.2) is 0 Å². The Morgan fingerprint density at radius 2 is 2.05 bits per heavy atom. The van der Waals surface area contributed by atoms with Gasteiger partial charge in [-0.05, 0) is 60.1 Å². The van der Waals surface area contributed by atoms with Crippen LogP contribution in [0.15, 0.2) is 24.3 Å². The Hall–Kier alpha value is -0.980. The van der Waals surface area contributed by atoms with Crippen molar-refractivity contribution in [1.82, 2.24) is 0 Å². The molecule has 0 aromatic heterocycles. The fourth-order valence-corrected chi connectivity index (χ4v) is 4.71. The van der Waals surface area contributed by atoms with Gasteiger partial charge >= 0.3 is 0 Å². The van der Waals surface area contributed by atoms with Gasteiger partial charge in [0.2, 0.25) is 0 Å². The van der Waals surface area contributed by atoms with Crippen molar-refractivity contribution in [3.63, 3.8) is 0 Å². The quantitative estimate of drug-likeness (QED) is 0.814. The van der Waals surface area contributed by atoms with E-state index in [4.69, 9.17) is 0 Å². The van der Waals surface area contributed by atoms with Gasteiger partial charge in [0.05, 0.1) is 0 Å². The molecule has 19 heavy (non-hydrogen) atoms. The zero-order chi connectivity index (χ0) is 13.7. The normalized spacial score (nSPS) is 35.6. The summed E-state index contributed by atoms with van der Waals surface area (Å²) in [5.41, 5.74) is 3.66. The van der Waals surface area contributed by atoms with Crippen LogP contribution in [0.3, 0.4) is 0 Å². The first-order valence-electron chi connectivity index (χ1n) is 7.81. The molecule has 1 nitrogen and oxygen atoms in total. The molecular weight excluding hydrogens is 230 g/mol. The number of fused-ring (bicyclic) bond motifs is 2. The largest absolute Gasteiger partial charge is 0.381 e. The summed E-state index contributed by atoms with van der Waals surface area (Å²) in [5.74, 6) is 0.907. The van der Waals surface area contributed by atoms with Crippen molar-refractivity contribution in [2.24, 2.45) is 16.7 Å². The van der Waals surface area contributed by atoms with E-state index in [0.29, 0.717) is 16.9 Å². The summed E-state index contributed by atoms with van der Waals surface area (Å²) in [5, 5.41) is 3.88. The topological polar surface area (TPSA) is 12.0 Å². The van der Waals surface area contributed by atoms with Crippen LogP contribution in [-0.2, 0) is 6.42 Å². The van der Waals surface area contributed by atoms with Gasteiger partial charge in [0.1, 0.15) is 0 Å². The van der Waals surface area contributed by atoms with Crippen LogP contribution in [0.25, 0.3) is 0 Å². The van der Waals surface area contributed by atoms with Crippen LogP contribution in [0.4, 0.5) is 5.69 Å². The van der Waals surface area contributed by atoms with Gasteiger partial charge in [-0.25, -0.2) is 0 Å². The minimum atomic E-state index is 0.426. The SMILES string of the molecule is CCc1cccc(NC2C(C)(C)[C@H]3CC[C@]2(C)C3)c1. The number of rotatable bonds is 3. The van der Waals surface area contributed by atoms with E-state index in [1.807, 2.05) is 0 Å². The van der Waals surface area contributed by atoms with E-state index >= 15 is 0 Å². The molecule has 0 spiro atoms. The molecule has 0 saturated heterocycles. The minimum absolute atomic E-state index is 0.426. The van der Waals surface area contributed by atoms with Crippen molar-refractivity contribution in [3.05, 3.63) is 29.8 Å². The summed E-state index contributed by atoms with van der Waals surface area (Å²) < 4.78 is 0. The molecule has 1 aromatic rings. The smallest absolute Gasteiger partial charge is 0.0368 e. The zero-order valence-corrected chi connectivity index (χ0v) is 12.8. The van der Waals surface area contributed by atoms with Crippen molar-refractivity contribution in [3.8, 4) is 0 Å². The lowest BCUT2D eigenvalue weighted by Gasteiger charge is -2.43. The molecule has 104 valence electrons. The standard InChI is InChI=1S/C18H27N/c1-5-13-7-6-8-15(11-13)19-16-17(2,3)14-9-10-18(16,4)12-14/h6-8,11,14,16,19H,5,9-10,12H2,1-4H3/t14-,16?,18+/m0/s1. The zero-order valence-electron chi connectivity index (χ0n) is 12.8. The lowest BCUT2D eigenvalue weighted by molar-refractivity contribution is 0.155. The van der Waals surface area contributed by atoms with Gasteiger partial charge in [0.25, 0.3) is 0 Å². The van der Waals surface area contributed by atoms with E-state index in [1.165, 1.54) is 30.5 Å². The van der Waals surface area contributed by atoms with Crippen molar-refractivity contribution in [1.29, 1.82) is 0 Å². The molecular formula is C18H27N. The van der Waals surface area contributed by atoms with Crippen molar-refractivity contribution in [2.45, 2.75) is 59.4 Å². The van der Waals surface area contributed by atoms with E-state index < -0.39 is 0 Å². The third-order valence-corrected chi connectivity index (χ3v) is 5.92. The maximum absolute atomic E-state index is 3.88. The van der Waals surface area contributed by atoms with Gasteiger partial charge in [-0.2, -0.15) is 0 Å². The van der Waals surface area contributed by atoms with Crippen LogP contribution in [0.1, 0.15) is 52.5 Å². The van der Waals surface area contributed by atoms with Gasteiger partial charge in [0, 0.05) is 11.7 Å². The highest BCUT2D eigenvalue weighted by molar-refractivity contribution is 5.48. The molecule has 2 aliphatic rings. The highest BCUT2D eigenvalue weighted by atomic mass is 15.0. The lowest BCUT2D eigenvalue weighted by atomic mass is 9.68. The Labute approximate surface area is 117 Å². The molecule has 0 radical (unpaired) electrons. The van der Waals surface area contributed by atoms with E-state index in [2.05, 4.69) is 57.3 Å². The monoisotopic (exact) mass is 257 g/mol. The maximum Gasteiger partial charge on any atom is 0.0368 e. The molecule has 0 amide bonds. The summed E-state index contributed by atoms with van der Waals surface area (Å²) in [6.07, 6.45) is 5.34. The van der Waals surface area contributed by atoms with E-state index in [1.54, 1.807) is 0 Å². The molecule has 3 atom stereocenters. The Balaban J connectivity index is 1.86. The van der Waals surface area contributed by atoms with E-state index in [9.17, 15) is 0 Å². The molecule has 1 heteroatoms. The Kier molecular flexibility index (Phi) is 2.92. The van der Waals surface area contributed by atoms with Crippen LogP contribution >= 0.6 is 0 Å². The van der Waals surface area contributed by atoms with Crippen LogP contribution in [0.2, 0.25) is 0 Å². The summed E-state index contributed by atoms with van der Waals surface area (Å²) in [4.78, 5) is 0. The van der Waals surface area contributed by atoms with E-state index in [-0.39, 0.29) is 0 Å². The van der Waals surface area contributed by atoms with Crippen molar-refractivity contribution < 1.29 is 0 Å². The Bertz CT molecular complexity index is 472. The fraction of sp³-hybridized carbons (Fsp3) is 0.667. The average molecular weight is 257 g/mol. The minimum Gasteiger partial charge on any atom is -0.381 e. The second-order valence-corrected chi connectivity index (χ2v) is 7.55. The molecule has 2 bridgehead atoms. The average Bonchev–Trinajstić information content (AvgIpc) is 2.86. The summed E-state index contributed by atoms with van der Waals surface area (Å²) in [6, 6.07) is 9.57. The van der Waals surface area contributed by atoms with Gasteiger partial charge in [-0.1, -0.05) is 39.8 Å². The summed E-state index contributed by atoms with van der Waals surface area (Å²) >= 11 is 0. The second-order valence-electron chi connectivity index (χ2n) is 7.55. The number of anilines is 1. The van der Waals surface area contributed by atoms with Crippen LogP contribution in [0, 0.1) is 16.7 Å². The number of benzene rings is 1. The first-order chi connectivity index (χ1) is 8.95. The van der Waals surface area contributed by atoms with E-state index in [0.717, 1.165) is 12.3 Å². The van der Waals surface area contributed by atoms with Crippen molar-refractivity contribution >= 4 is 5.69 Å². The number of hydrogen-bond donors (Lipinski definition) is 1. The second kappa shape index (κ2) is 4.26. The molecule has 2 saturated carbocycles. The molecule has 2 fully saturated rings. The predicted molar refractivity (Wildman–Crippen MR) is 82.5 cm³/mol. The molecule has 0 heterocycles. The van der Waals surface area contributed by atoms with Crippen molar-refractivity contribution in [2.75, 3.05) is 5.32 Å². The maximum atomic E-state index is 3.88. The lowest BCUT2D eigenvalue weighted by Crippen LogP contribution is -2.45. The highest BCUT2D eigenvalue weighted by Crippen LogP contribution is 2.63. The molecule has 2 aliphatic carbocycles. The summed E-state index contributed by atoms with van der Waals surface area (Å²) in [7, 11) is 0. The highest BCUT2D eigenvalue weighted by Gasteiger charge is 2.59. The van der Waals surface area contributed by atoms with Gasteiger partial charge in [-0.15, -0.1) is 0 Å². The molecule has 1 N–H and O–H groups in total. The van der Waals surface area contributed by atoms with Crippen LogP contribution in [0.5, 0.6) is 0 Å². The number of nitrogens with one attached hydrogen (secondary N) is 1. The van der Waals surface area contributed by atoms with Crippen LogP contribution in [-0.4, -0.2) is 6.04 Å². The van der Waals surface area contributed by atoms with Gasteiger partial charge < -0.3 is 5.32 Å². The first kappa shape index (κ1) is 13.0. The summed E-state index contributed by atoms with van der Waals surface area (Å²) in [6.45, 7) is 9.64. The van der Waals surface area contributed by atoms with Gasteiger partial charge in [-0.3, -0.25) is 0 Å². The molecule has 0 aliphatic heterocycles. The fourth-order valence-electron chi connectivity index (χ4n) is 4.71. The Morgan fingerprint density at radius 3 is 2.68 bits per heavy atom. The number of hydrogen-bond acceptors (Lipinski definition) is 1. The first-order valence-corrected chi connectivity index (χ1v) is 7.81. The Morgan fingerprint density at radius 1 is 1.26 bits per heavy atom. The molecule has 1 unspecified atom stereocenters. The third kappa shape index (κ3) is 1.98. The molecule has 3 rings (SSSR count). The third-order valence-electron chi connectivity index (χ3n) is 5.92. The number of aryl methyl sites for hydroxylation is 1.